The van der Waals surface area contributed by atoms with Gasteiger partial charge in [0, 0.05) is 61.8 Å². The summed E-state index contributed by atoms with van der Waals surface area (Å²) in [5, 5.41) is 13.0. The van der Waals surface area contributed by atoms with E-state index in [9.17, 15) is 5.11 Å². The molecule has 8 nitrogen and oxygen atoms in total. The highest BCUT2D eigenvalue weighted by Crippen LogP contribution is 2.36. The predicted octanol–water partition coefficient (Wildman–Crippen LogP) is 1.88. The molecule has 2 N–H and O–H groups in total. The summed E-state index contributed by atoms with van der Waals surface area (Å²) in [6.07, 6.45) is 2.66. The number of aliphatic hydroxyl groups is 1. The number of likely N-dealkylation sites (N-methyl/N-ethyl adjacent to an activating group) is 2. The van der Waals surface area contributed by atoms with Crippen molar-refractivity contribution in [2.75, 3.05) is 58.5 Å². The van der Waals surface area contributed by atoms with Crippen LogP contribution in [0.2, 0.25) is 0 Å². The van der Waals surface area contributed by atoms with Crippen LogP contribution in [0.15, 0.2) is 24.3 Å². The highest BCUT2D eigenvalue weighted by atomic mass is 16.5. The number of anilines is 1. The van der Waals surface area contributed by atoms with Gasteiger partial charge in [-0.2, -0.15) is 0 Å². The van der Waals surface area contributed by atoms with Crippen LogP contribution < -0.4 is 15.0 Å². The van der Waals surface area contributed by atoms with Gasteiger partial charge in [-0.05, 0) is 58.3 Å². The summed E-state index contributed by atoms with van der Waals surface area (Å²) in [7, 11) is 4.04. The number of fused-ring (bicyclic) bond motifs is 2. The molecule has 184 valence electrons. The van der Waals surface area contributed by atoms with Crippen molar-refractivity contribution in [1.82, 2.24) is 20.2 Å². The van der Waals surface area contributed by atoms with Crippen molar-refractivity contribution >= 4 is 5.82 Å². The lowest BCUT2D eigenvalue weighted by Gasteiger charge is -2.34. The van der Waals surface area contributed by atoms with E-state index in [0.29, 0.717) is 30.3 Å². The molecule has 4 heterocycles. The highest BCUT2D eigenvalue weighted by molar-refractivity contribution is 5.63. The summed E-state index contributed by atoms with van der Waals surface area (Å²) in [4.78, 5) is 15.2. The summed E-state index contributed by atoms with van der Waals surface area (Å²) in [5.41, 5.74) is 3.27. The van der Waals surface area contributed by atoms with Gasteiger partial charge in [-0.25, -0.2) is 9.97 Å². The zero-order valence-electron chi connectivity index (χ0n) is 20.5. The first-order valence-electron chi connectivity index (χ1n) is 12.5. The molecular formula is C26H37N5O3. The van der Waals surface area contributed by atoms with E-state index in [2.05, 4.69) is 29.1 Å². The fraction of sp³-hybridized carbons (Fsp3) is 0.615. The first kappa shape index (κ1) is 23.5. The molecule has 3 saturated heterocycles. The minimum absolute atomic E-state index is 0.238. The molecule has 0 saturated carbocycles. The van der Waals surface area contributed by atoms with Gasteiger partial charge in [0.25, 0.3) is 0 Å². The Kier molecular flexibility index (Phi) is 7.01. The molecule has 34 heavy (non-hydrogen) atoms. The van der Waals surface area contributed by atoms with Gasteiger partial charge in [0.15, 0.2) is 5.82 Å². The van der Waals surface area contributed by atoms with Crippen molar-refractivity contribution in [1.29, 1.82) is 0 Å². The van der Waals surface area contributed by atoms with E-state index in [0.717, 1.165) is 62.0 Å². The number of rotatable bonds is 9. The molecule has 0 radical (unpaired) electrons. The van der Waals surface area contributed by atoms with E-state index in [-0.39, 0.29) is 6.61 Å². The SMILES string of the molecule is CNCC(O)COc1cccc(-c2nc(C[C@@H]3CCOC3)c(C)c(N3C[C@H]4C[C@@H]3CN4C)n2)c1. The number of piperazine rings is 1. The largest absolute Gasteiger partial charge is 0.491 e. The van der Waals surface area contributed by atoms with Crippen LogP contribution in [0.5, 0.6) is 5.75 Å². The van der Waals surface area contributed by atoms with E-state index in [1.807, 2.05) is 31.3 Å². The number of nitrogens with one attached hydrogen (secondary N) is 1. The minimum Gasteiger partial charge on any atom is -0.491 e. The summed E-state index contributed by atoms with van der Waals surface area (Å²) in [5.74, 6) is 3.05. The van der Waals surface area contributed by atoms with E-state index in [4.69, 9.17) is 19.4 Å². The lowest BCUT2D eigenvalue weighted by Crippen LogP contribution is -2.45. The molecule has 0 amide bonds. The van der Waals surface area contributed by atoms with Crippen molar-refractivity contribution in [2.24, 2.45) is 5.92 Å². The van der Waals surface area contributed by atoms with Crippen molar-refractivity contribution in [2.45, 2.75) is 44.4 Å². The minimum atomic E-state index is -0.556. The van der Waals surface area contributed by atoms with E-state index in [1.54, 1.807) is 0 Å². The fourth-order valence-electron chi connectivity index (χ4n) is 5.51. The van der Waals surface area contributed by atoms with Gasteiger partial charge in [0.05, 0.1) is 0 Å². The summed E-state index contributed by atoms with van der Waals surface area (Å²) in [6.45, 7) is 6.68. The number of ether oxygens (including phenoxy) is 2. The molecule has 2 aromatic rings. The van der Waals surface area contributed by atoms with Gasteiger partial charge >= 0.3 is 0 Å². The Morgan fingerprint density at radius 3 is 2.85 bits per heavy atom. The average Bonchev–Trinajstić information content (AvgIpc) is 3.57. The Balaban J connectivity index is 1.45. The normalized spacial score (nSPS) is 25.3. The summed E-state index contributed by atoms with van der Waals surface area (Å²) in [6, 6.07) is 9.02. The lowest BCUT2D eigenvalue weighted by atomic mass is 9.99. The molecule has 0 spiro atoms. The maximum atomic E-state index is 10.00. The Morgan fingerprint density at radius 2 is 2.15 bits per heavy atom. The molecule has 3 aliphatic heterocycles. The second-order valence-corrected chi connectivity index (χ2v) is 10.1. The van der Waals surface area contributed by atoms with Gasteiger partial charge in [-0.1, -0.05) is 12.1 Å². The van der Waals surface area contributed by atoms with Crippen molar-refractivity contribution in [3.8, 4) is 17.1 Å². The standard InChI is InChI=1S/C26H37N5O3/c1-17-24(9-18-7-8-33-15-18)28-25(29-26(17)31-14-20-11-21(31)13-30(20)3)19-5-4-6-23(10-19)34-16-22(32)12-27-2/h4-6,10,18,20-22,27,32H,7-9,11-16H2,1-3H3/t18-,20+,21+,22?/m0/s1. The maximum Gasteiger partial charge on any atom is 0.161 e. The third-order valence-electron chi connectivity index (χ3n) is 7.49. The number of aliphatic hydroxyl groups excluding tert-OH is 1. The maximum absolute atomic E-state index is 10.00. The second-order valence-electron chi connectivity index (χ2n) is 10.1. The Bertz CT molecular complexity index is 994. The summed E-state index contributed by atoms with van der Waals surface area (Å²) < 4.78 is 11.5. The molecule has 1 aromatic carbocycles. The van der Waals surface area contributed by atoms with Gasteiger partial charge in [-0.3, -0.25) is 4.90 Å². The van der Waals surface area contributed by atoms with Crippen molar-refractivity contribution in [3.05, 3.63) is 35.5 Å². The molecule has 1 unspecified atom stereocenters. The molecule has 3 fully saturated rings. The first-order valence-corrected chi connectivity index (χ1v) is 12.5. The third kappa shape index (κ3) is 4.91. The molecule has 8 heteroatoms. The number of hydrogen-bond acceptors (Lipinski definition) is 8. The number of benzene rings is 1. The number of nitrogens with zero attached hydrogens (tertiary/aromatic N) is 4. The number of hydrogen-bond donors (Lipinski definition) is 2. The smallest absolute Gasteiger partial charge is 0.161 e. The molecule has 5 rings (SSSR count). The van der Waals surface area contributed by atoms with Crippen LogP contribution in [-0.4, -0.2) is 91.7 Å². The van der Waals surface area contributed by atoms with Gasteiger partial charge in [-0.15, -0.1) is 0 Å². The molecule has 4 atom stereocenters. The van der Waals surface area contributed by atoms with Gasteiger partial charge in [0.2, 0.25) is 0 Å². The van der Waals surface area contributed by atoms with Crippen LogP contribution in [0.3, 0.4) is 0 Å². The fourth-order valence-corrected chi connectivity index (χ4v) is 5.51. The van der Waals surface area contributed by atoms with Crippen LogP contribution in [0, 0.1) is 12.8 Å². The van der Waals surface area contributed by atoms with Crippen molar-refractivity contribution < 1.29 is 14.6 Å². The lowest BCUT2D eigenvalue weighted by molar-refractivity contribution is 0.108. The zero-order chi connectivity index (χ0) is 23.7. The van der Waals surface area contributed by atoms with Crippen LogP contribution in [0.1, 0.15) is 24.1 Å². The number of likely N-dealkylation sites (tertiary alicyclic amines) is 1. The van der Waals surface area contributed by atoms with Crippen LogP contribution in [0.4, 0.5) is 5.82 Å². The van der Waals surface area contributed by atoms with E-state index >= 15 is 0 Å². The van der Waals surface area contributed by atoms with Crippen LogP contribution >= 0.6 is 0 Å². The topological polar surface area (TPSA) is 83.0 Å². The van der Waals surface area contributed by atoms with Crippen LogP contribution in [-0.2, 0) is 11.2 Å². The Morgan fingerprint density at radius 1 is 1.26 bits per heavy atom. The Labute approximate surface area is 202 Å². The van der Waals surface area contributed by atoms with E-state index in [1.165, 1.54) is 12.0 Å². The molecule has 3 aliphatic rings. The van der Waals surface area contributed by atoms with E-state index < -0.39 is 6.10 Å². The Hall–Kier alpha value is -2.26. The third-order valence-corrected chi connectivity index (χ3v) is 7.49. The average molecular weight is 468 g/mol. The zero-order valence-corrected chi connectivity index (χ0v) is 20.5. The predicted molar refractivity (Wildman–Crippen MR) is 132 cm³/mol. The molecule has 1 aromatic heterocycles. The molecular weight excluding hydrogens is 430 g/mol. The quantitative estimate of drug-likeness (QED) is 0.579. The highest BCUT2D eigenvalue weighted by Gasteiger charge is 2.42. The monoisotopic (exact) mass is 467 g/mol. The first-order chi connectivity index (χ1) is 16.5. The molecule has 0 aliphatic carbocycles. The van der Waals surface area contributed by atoms with Gasteiger partial charge < -0.3 is 24.8 Å². The summed E-state index contributed by atoms with van der Waals surface area (Å²) >= 11 is 0. The van der Waals surface area contributed by atoms with Crippen LogP contribution in [0.25, 0.3) is 11.4 Å². The number of aromatic nitrogens is 2. The second kappa shape index (κ2) is 10.2. The van der Waals surface area contributed by atoms with Crippen molar-refractivity contribution in [3.63, 3.8) is 0 Å². The molecule has 2 bridgehead atoms. The van der Waals surface area contributed by atoms with Gasteiger partial charge in [0.1, 0.15) is 24.3 Å².